The molecule has 1 nitrogen and oxygen atoms in total. The number of aryl methyl sites for hydroxylation is 1. The van der Waals surface area contributed by atoms with Crippen molar-refractivity contribution in [1.29, 1.82) is 0 Å². The Morgan fingerprint density at radius 2 is 1.42 bits per heavy atom. The summed E-state index contributed by atoms with van der Waals surface area (Å²) in [6.07, 6.45) is 2.07. The molecular weight excluding hydrogens is 237 g/mol. The van der Waals surface area contributed by atoms with Crippen molar-refractivity contribution in [2.24, 2.45) is 0 Å². The number of hydrogen-bond donors (Lipinski definition) is 1. The lowest BCUT2D eigenvalue weighted by Crippen LogP contribution is -2.83. The highest BCUT2D eigenvalue weighted by atomic mass is 19.1. The predicted octanol–water partition coefficient (Wildman–Crippen LogP) is 2.69. The van der Waals surface area contributed by atoms with E-state index in [4.69, 9.17) is 0 Å². The van der Waals surface area contributed by atoms with Gasteiger partial charge >= 0.3 is 0 Å². The van der Waals surface area contributed by atoms with Gasteiger partial charge in [0.25, 0.3) is 0 Å². The van der Waals surface area contributed by atoms with Crippen molar-refractivity contribution in [2.45, 2.75) is 26.3 Å². The molecule has 0 aliphatic carbocycles. The molecule has 0 amide bonds. The first-order valence-electron chi connectivity index (χ1n) is 6.92. The Hall–Kier alpha value is -1.67. The molecule has 0 unspecified atom stereocenters. The first-order chi connectivity index (χ1) is 9.28. The molecule has 2 rings (SSSR count). The average Bonchev–Trinajstić information content (AvgIpc) is 2.46. The van der Waals surface area contributed by atoms with Crippen molar-refractivity contribution in [3.63, 3.8) is 0 Å². The summed E-state index contributed by atoms with van der Waals surface area (Å²) in [7, 11) is 0. The third-order valence-electron chi connectivity index (χ3n) is 3.36. The minimum Gasteiger partial charge on any atom is -0.342 e. The predicted molar refractivity (Wildman–Crippen MR) is 76.4 cm³/mol. The van der Waals surface area contributed by atoms with Crippen LogP contribution in [0.15, 0.2) is 48.5 Å². The molecule has 0 aliphatic rings. The third-order valence-corrected chi connectivity index (χ3v) is 3.36. The van der Waals surface area contributed by atoms with Gasteiger partial charge in [0.2, 0.25) is 0 Å². The maximum Gasteiger partial charge on any atom is 0.123 e. The normalized spacial score (nSPS) is 10.6. The van der Waals surface area contributed by atoms with Crippen molar-refractivity contribution in [3.8, 4) is 0 Å². The van der Waals surface area contributed by atoms with Crippen LogP contribution in [0.1, 0.15) is 23.6 Å². The van der Waals surface area contributed by atoms with Gasteiger partial charge in [-0.2, -0.15) is 0 Å². The number of halogens is 1. The minimum absolute atomic E-state index is 0.163. The van der Waals surface area contributed by atoms with Crippen LogP contribution < -0.4 is 5.32 Å². The van der Waals surface area contributed by atoms with Gasteiger partial charge in [0.1, 0.15) is 12.4 Å². The van der Waals surface area contributed by atoms with Crippen molar-refractivity contribution in [1.82, 2.24) is 0 Å². The Labute approximate surface area is 114 Å². The van der Waals surface area contributed by atoms with E-state index in [1.54, 1.807) is 0 Å². The summed E-state index contributed by atoms with van der Waals surface area (Å²) in [4.78, 5) is 0. The molecule has 100 valence electrons. The van der Waals surface area contributed by atoms with Gasteiger partial charge in [-0.15, -0.1) is 0 Å². The minimum atomic E-state index is -0.163. The lowest BCUT2D eigenvalue weighted by molar-refractivity contribution is -0.670. The molecule has 0 heterocycles. The second kappa shape index (κ2) is 7.05. The third kappa shape index (κ3) is 4.49. The molecule has 0 aromatic heterocycles. The Morgan fingerprint density at radius 1 is 0.842 bits per heavy atom. The summed E-state index contributed by atoms with van der Waals surface area (Å²) >= 11 is 0. The maximum atomic E-state index is 12.8. The van der Waals surface area contributed by atoms with E-state index < -0.39 is 0 Å². The van der Waals surface area contributed by atoms with Gasteiger partial charge in [-0.3, -0.25) is 0 Å². The van der Waals surface area contributed by atoms with E-state index in [2.05, 4.69) is 36.5 Å². The van der Waals surface area contributed by atoms with Crippen LogP contribution >= 0.6 is 0 Å². The highest BCUT2D eigenvalue weighted by Crippen LogP contribution is 2.04. The van der Waals surface area contributed by atoms with Gasteiger partial charge in [0.15, 0.2) is 0 Å². The largest absolute Gasteiger partial charge is 0.342 e. The average molecular weight is 258 g/mol. The molecule has 0 atom stereocenters. The van der Waals surface area contributed by atoms with E-state index in [-0.39, 0.29) is 5.82 Å². The van der Waals surface area contributed by atoms with Crippen LogP contribution in [0.4, 0.5) is 4.39 Å². The Kier molecular flexibility index (Phi) is 5.10. The summed E-state index contributed by atoms with van der Waals surface area (Å²) in [6.45, 7) is 4.20. The maximum absolute atomic E-state index is 12.8. The quantitative estimate of drug-likeness (QED) is 0.767. The van der Waals surface area contributed by atoms with Crippen LogP contribution in [0, 0.1) is 5.82 Å². The van der Waals surface area contributed by atoms with Gasteiger partial charge in [0.05, 0.1) is 6.54 Å². The molecule has 0 bridgehead atoms. The molecule has 0 saturated heterocycles. The summed E-state index contributed by atoms with van der Waals surface area (Å²) in [5, 5.41) is 2.30. The van der Waals surface area contributed by atoms with E-state index in [9.17, 15) is 4.39 Å². The molecule has 2 N–H and O–H groups in total. The first-order valence-corrected chi connectivity index (χ1v) is 6.92. The van der Waals surface area contributed by atoms with Gasteiger partial charge in [0, 0.05) is 12.0 Å². The van der Waals surface area contributed by atoms with E-state index >= 15 is 0 Å². The SMILES string of the molecule is CCc1ccc(C[NH2+]CCc2ccc(F)cc2)cc1. The second-order valence-electron chi connectivity index (χ2n) is 4.83. The first kappa shape index (κ1) is 13.8. The van der Waals surface area contributed by atoms with Crippen LogP contribution in [0.25, 0.3) is 0 Å². The van der Waals surface area contributed by atoms with Crippen molar-refractivity contribution in [2.75, 3.05) is 6.54 Å². The molecule has 0 saturated carbocycles. The molecule has 2 heteroatoms. The van der Waals surface area contributed by atoms with Crippen molar-refractivity contribution >= 4 is 0 Å². The zero-order valence-electron chi connectivity index (χ0n) is 11.4. The van der Waals surface area contributed by atoms with Gasteiger partial charge in [-0.05, 0) is 29.7 Å². The van der Waals surface area contributed by atoms with E-state index in [0.717, 1.165) is 25.9 Å². The molecule has 0 spiro atoms. The summed E-state index contributed by atoms with van der Waals surface area (Å²) in [6, 6.07) is 15.6. The number of rotatable bonds is 6. The Balaban J connectivity index is 1.72. The van der Waals surface area contributed by atoms with Crippen LogP contribution in [-0.4, -0.2) is 6.54 Å². The number of hydrogen-bond acceptors (Lipinski definition) is 0. The highest BCUT2D eigenvalue weighted by Gasteiger charge is 1.98. The molecular formula is C17H21FN+. The molecule has 0 aliphatic heterocycles. The number of nitrogens with two attached hydrogens (primary N) is 1. The fraction of sp³-hybridized carbons (Fsp3) is 0.294. The van der Waals surface area contributed by atoms with Crippen LogP contribution in [0.3, 0.4) is 0 Å². The van der Waals surface area contributed by atoms with Crippen LogP contribution in [-0.2, 0) is 19.4 Å². The zero-order chi connectivity index (χ0) is 13.5. The van der Waals surface area contributed by atoms with Crippen LogP contribution in [0.5, 0.6) is 0 Å². The Morgan fingerprint density at radius 3 is 2.05 bits per heavy atom. The second-order valence-corrected chi connectivity index (χ2v) is 4.83. The molecule has 19 heavy (non-hydrogen) atoms. The standard InChI is InChI=1S/C17H20FN/c1-2-14-3-5-16(6-4-14)13-19-12-11-15-7-9-17(18)10-8-15/h3-10,19H,2,11-13H2,1H3/p+1. The van der Waals surface area contributed by atoms with Crippen LogP contribution in [0.2, 0.25) is 0 Å². The lowest BCUT2D eigenvalue weighted by Gasteiger charge is -2.04. The van der Waals surface area contributed by atoms with E-state index in [1.165, 1.54) is 28.8 Å². The fourth-order valence-electron chi connectivity index (χ4n) is 2.10. The van der Waals surface area contributed by atoms with Crippen molar-refractivity contribution in [3.05, 3.63) is 71.0 Å². The van der Waals surface area contributed by atoms with Gasteiger partial charge < -0.3 is 5.32 Å². The zero-order valence-corrected chi connectivity index (χ0v) is 11.4. The lowest BCUT2D eigenvalue weighted by atomic mass is 10.1. The van der Waals surface area contributed by atoms with E-state index in [1.807, 2.05) is 12.1 Å². The Bertz CT molecular complexity index is 488. The van der Waals surface area contributed by atoms with Gasteiger partial charge in [-0.1, -0.05) is 43.3 Å². The van der Waals surface area contributed by atoms with Gasteiger partial charge in [-0.25, -0.2) is 4.39 Å². The number of quaternary nitrogens is 1. The topological polar surface area (TPSA) is 16.6 Å². The summed E-state index contributed by atoms with van der Waals surface area (Å²) < 4.78 is 12.8. The molecule has 2 aromatic rings. The fourth-order valence-corrected chi connectivity index (χ4v) is 2.10. The molecule has 0 radical (unpaired) electrons. The molecule has 2 aromatic carbocycles. The summed E-state index contributed by atoms with van der Waals surface area (Å²) in [5.74, 6) is -0.163. The smallest absolute Gasteiger partial charge is 0.123 e. The van der Waals surface area contributed by atoms with E-state index in [0.29, 0.717) is 0 Å². The summed E-state index contributed by atoms with van der Waals surface area (Å²) in [5.41, 5.74) is 3.94. The van der Waals surface area contributed by atoms with Crippen molar-refractivity contribution < 1.29 is 9.71 Å². The highest BCUT2D eigenvalue weighted by molar-refractivity contribution is 5.21. The molecule has 0 fully saturated rings. The number of benzene rings is 2. The monoisotopic (exact) mass is 258 g/mol.